The Balaban J connectivity index is 2.31. The van der Waals surface area contributed by atoms with Crippen molar-refractivity contribution in [1.82, 2.24) is 5.32 Å². The van der Waals surface area contributed by atoms with Crippen molar-refractivity contribution in [2.45, 2.75) is 50.5 Å². The van der Waals surface area contributed by atoms with E-state index in [1.165, 1.54) is 18.9 Å². The number of carbonyl (C=O) groups excluding carboxylic acids is 2. The molecule has 1 fully saturated rings. The number of alkyl carbamates (subject to hydrolysis) is 1. The van der Waals surface area contributed by atoms with E-state index in [-0.39, 0.29) is 17.3 Å². The van der Waals surface area contributed by atoms with Gasteiger partial charge in [0.25, 0.3) is 0 Å². The number of thioether (sulfide) groups is 1. The van der Waals surface area contributed by atoms with Gasteiger partial charge in [-0.15, -0.1) is 11.8 Å². The van der Waals surface area contributed by atoms with Crippen LogP contribution in [0.3, 0.4) is 0 Å². The second kappa shape index (κ2) is 6.31. The maximum Gasteiger partial charge on any atom is 0.407 e. The van der Waals surface area contributed by atoms with Crippen LogP contribution in [0, 0.1) is 0 Å². The molecule has 104 valence electrons. The van der Waals surface area contributed by atoms with Gasteiger partial charge >= 0.3 is 12.1 Å². The van der Waals surface area contributed by atoms with Crippen molar-refractivity contribution in [3.63, 3.8) is 0 Å². The lowest BCUT2D eigenvalue weighted by Crippen LogP contribution is -2.43. The van der Waals surface area contributed by atoms with Crippen LogP contribution in [0.4, 0.5) is 4.79 Å². The number of amides is 1. The Kier molecular flexibility index (Phi) is 5.31. The van der Waals surface area contributed by atoms with Crippen molar-refractivity contribution in [2.75, 3.05) is 12.9 Å². The van der Waals surface area contributed by atoms with Gasteiger partial charge in [-0.25, -0.2) is 4.79 Å². The molecular weight excluding hydrogens is 254 g/mol. The summed E-state index contributed by atoms with van der Waals surface area (Å²) in [5, 5.41) is 2.71. The molecule has 0 aromatic rings. The first-order chi connectivity index (χ1) is 8.31. The first kappa shape index (κ1) is 15.1. The van der Waals surface area contributed by atoms with Crippen LogP contribution in [0.15, 0.2) is 0 Å². The van der Waals surface area contributed by atoms with Gasteiger partial charge in [0, 0.05) is 11.8 Å². The van der Waals surface area contributed by atoms with Gasteiger partial charge in [0.1, 0.15) is 10.9 Å². The number of esters is 1. The summed E-state index contributed by atoms with van der Waals surface area (Å²) in [6, 6.07) is 0.0609. The normalized spacial score (nSPS) is 24.2. The van der Waals surface area contributed by atoms with Crippen molar-refractivity contribution in [3.05, 3.63) is 0 Å². The summed E-state index contributed by atoms with van der Waals surface area (Å²) in [4.78, 5) is 22.9. The highest BCUT2D eigenvalue weighted by atomic mass is 32.2. The molecule has 1 amide bonds. The third-order valence-corrected chi connectivity index (χ3v) is 3.89. The maximum absolute atomic E-state index is 11.6. The summed E-state index contributed by atoms with van der Waals surface area (Å²) < 4.78 is 9.89. The maximum atomic E-state index is 11.6. The number of ether oxygens (including phenoxy) is 2. The Morgan fingerprint density at radius 2 is 1.94 bits per heavy atom. The van der Waals surface area contributed by atoms with Crippen LogP contribution >= 0.6 is 11.8 Å². The van der Waals surface area contributed by atoms with Crippen molar-refractivity contribution < 1.29 is 19.1 Å². The second-order valence-electron chi connectivity index (χ2n) is 5.27. The van der Waals surface area contributed by atoms with Gasteiger partial charge in [0.05, 0.1) is 7.11 Å². The quantitative estimate of drug-likeness (QED) is 0.780. The lowest BCUT2D eigenvalue weighted by molar-refractivity contribution is -0.140. The van der Waals surface area contributed by atoms with Gasteiger partial charge in [-0.05, 0) is 33.6 Å². The zero-order valence-electron chi connectivity index (χ0n) is 11.3. The monoisotopic (exact) mass is 275 g/mol. The van der Waals surface area contributed by atoms with E-state index in [1.807, 2.05) is 20.8 Å². The van der Waals surface area contributed by atoms with Gasteiger partial charge in [0.2, 0.25) is 0 Å². The second-order valence-corrected chi connectivity index (χ2v) is 6.50. The Labute approximate surface area is 112 Å². The van der Waals surface area contributed by atoms with E-state index in [9.17, 15) is 9.59 Å². The first-order valence-corrected chi connectivity index (χ1v) is 7.05. The van der Waals surface area contributed by atoms with Crippen LogP contribution in [-0.4, -0.2) is 41.8 Å². The number of nitrogens with one attached hydrogen (secondary N) is 1. The highest BCUT2D eigenvalue weighted by Crippen LogP contribution is 2.26. The van der Waals surface area contributed by atoms with Crippen LogP contribution in [-0.2, 0) is 14.3 Å². The Bertz CT molecular complexity index is 306. The molecule has 1 aliphatic rings. The molecule has 1 rings (SSSR count). The molecule has 0 aromatic heterocycles. The Morgan fingerprint density at radius 1 is 1.28 bits per heavy atom. The van der Waals surface area contributed by atoms with Crippen molar-refractivity contribution in [1.29, 1.82) is 0 Å². The van der Waals surface area contributed by atoms with E-state index in [4.69, 9.17) is 9.47 Å². The SMILES string of the molecule is COC(=O)[C@@H]1CC[C@H](NC(=O)OC(C)(C)C)CS1. The molecule has 6 heteroatoms. The summed E-state index contributed by atoms with van der Waals surface area (Å²) in [7, 11) is 1.40. The molecule has 2 atom stereocenters. The van der Waals surface area contributed by atoms with E-state index in [0.717, 1.165) is 12.8 Å². The molecule has 1 aliphatic heterocycles. The highest BCUT2D eigenvalue weighted by Gasteiger charge is 2.29. The van der Waals surface area contributed by atoms with Crippen molar-refractivity contribution >= 4 is 23.8 Å². The predicted octanol–water partition coefficient (Wildman–Crippen LogP) is 1.95. The zero-order valence-corrected chi connectivity index (χ0v) is 12.1. The minimum atomic E-state index is -0.486. The topological polar surface area (TPSA) is 64.6 Å². The van der Waals surface area contributed by atoms with Crippen LogP contribution < -0.4 is 5.32 Å². The molecular formula is C12H21NO4S. The average molecular weight is 275 g/mol. The molecule has 1 saturated heterocycles. The fraction of sp³-hybridized carbons (Fsp3) is 0.833. The molecule has 18 heavy (non-hydrogen) atoms. The molecule has 0 aliphatic carbocycles. The Morgan fingerprint density at radius 3 is 2.39 bits per heavy atom. The average Bonchev–Trinajstić information content (AvgIpc) is 2.26. The summed E-state index contributed by atoms with van der Waals surface area (Å²) >= 11 is 1.52. The van der Waals surface area contributed by atoms with Crippen LogP contribution in [0.25, 0.3) is 0 Å². The van der Waals surface area contributed by atoms with Crippen molar-refractivity contribution in [2.24, 2.45) is 0 Å². The van der Waals surface area contributed by atoms with Gasteiger partial charge in [-0.3, -0.25) is 4.79 Å². The van der Waals surface area contributed by atoms with E-state index in [1.54, 1.807) is 0 Å². The largest absolute Gasteiger partial charge is 0.468 e. The van der Waals surface area contributed by atoms with E-state index >= 15 is 0 Å². The van der Waals surface area contributed by atoms with Gasteiger partial charge < -0.3 is 14.8 Å². The van der Waals surface area contributed by atoms with Crippen LogP contribution in [0.1, 0.15) is 33.6 Å². The Hall–Kier alpha value is -0.910. The van der Waals surface area contributed by atoms with Crippen LogP contribution in [0.5, 0.6) is 0 Å². The summed E-state index contributed by atoms with van der Waals surface area (Å²) in [6.45, 7) is 5.49. The molecule has 0 bridgehead atoms. The number of carbonyl (C=O) groups is 2. The van der Waals surface area contributed by atoms with Crippen LogP contribution in [0.2, 0.25) is 0 Å². The molecule has 5 nitrogen and oxygen atoms in total. The third kappa shape index (κ3) is 5.16. The van der Waals surface area contributed by atoms with E-state index < -0.39 is 11.7 Å². The fourth-order valence-corrected chi connectivity index (χ4v) is 2.91. The van der Waals surface area contributed by atoms with Crippen molar-refractivity contribution in [3.8, 4) is 0 Å². The third-order valence-electron chi connectivity index (χ3n) is 2.46. The van der Waals surface area contributed by atoms with Gasteiger partial charge in [-0.1, -0.05) is 0 Å². The number of methoxy groups -OCH3 is 1. The predicted molar refractivity (Wildman–Crippen MR) is 70.7 cm³/mol. The standard InChI is InChI=1S/C12H21NO4S/c1-12(2,3)17-11(15)13-8-5-6-9(18-7-8)10(14)16-4/h8-9H,5-7H2,1-4H3,(H,13,15)/t8-,9-/m0/s1. The number of hydrogen-bond acceptors (Lipinski definition) is 5. The summed E-state index contributed by atoms with van der Waals surface area (Å²) in [5.41, 5.74) is -0.486. The fourth-order valence-electron chi connectivity index (χ4n) is 1.66. The van der Waals surface area contributed by atoms with Gasteiger partial charge in [-0.2, -0.15) is 0 Å². The van der Waals surface area contributed by atoms with E-state index in [0.29, 0.717) is 5.75 Å². The molecule has 0 radical (unpaired) electrons. The lowest BCUT2D eigenvalue weighted by atomic mass is 10.1. The molecule has 0 aromatic carbocycles. The summed E-state index contributed by atoms with van der Waals surface area (Å²) in [6.07, 6.45) is 1.09. The molecule has 0 unspecified atom stereocenters. The first-order valence-electron chi connectivity index (χ1n) is 6.01. The molecule has 1 heterocycles. The lowest BCUT2D eigenvalue weighted by Gasteiger charge is -2.28. The van der Waals surface area contributed by atoms with Gasteiger partial charge in [0.15, 0.2) is 0 Å². The minimum absolute atomic E-state index is 0.0609. The highest BCUT2D eigenvalue weighted by molar-refractivity contribution is 8.00. The molecule has 0 spiro atoms. The molecule has 0 saturated carbocycles. The minimum Gasteiger partial charge on any atom is -0.468 e. The molecule has 1 N–H and O–H groups in total. The zero-order chi connectivity index (χ0) is 13.8. The summed E-state index contributed by atoms with van der Waals surface area (Å²) in [5.74, 6) is 0.523. The van der Waals surface area contributed by atoms with E-state index in [2.05, 4.69) is 5.32 Å². The number of hydrogen-bond donors (Lipinski definition) is 1. The number of rotatable bonds is 2. The smallest absolute Gasteiger partial charge is 0.407 e.